The van der Waals surface area contributed by atoms with Gasteiger partial charge in [-0.1, -0.05) is 0 Å². The summed E-state index contributed by atoms with van der Waals surface area (Å²) in [5.41, 5.74) is 0.996. The first-order valence-electron chi connectivity index (χ1n) is 7.34. The molecule has 0 heterocycles. The van der Waals surface area contributed by atoms with Crippen LogP contribution in [0.3, 0.4) is 0 Å². The second-order valence-electron chi connectivity index (χ2n) is 5.11. The molecule has 0 unspecified atom stereocenters. The number of hydrogen-bond acceptors (Lipinski definition) is 6. The van der Waals surface area contributed by atoms with Gasteiger partial charge in [0, 0.05) is 23.4 Å². The van der Waals surface area contributed by atoms with Gasteiger partial charge in [0.1, 0.15) is 5.75 Å². The minimum absolute atomic E-state index is 0.00197. The molecule has 0 saturated heterocycles. The summed E-state index contributed by atoms with van der Waals surface area (Å²) in [5, 5.41) is 13.5. The summed E-state index contributed by atoms with van der Waals surface area (Å²) < 4.78 is 15.7. The molecule has 132 valence electrons. The predicted octanol–water partition coefficient (Wildman–Crippen LogP) is 2.94. The van der Waals surface area contributed by atoms with Crippen LogP contribution in [-0.2, 0) is 4.79 Å². The molecule has 0 bridgehead atoms. The first-order chi connectivity index (χ1) is 11.9. The molecule has 0 aliphatic rings. The summed E-state index contributed by atoms with van der Waals surface area (Å²) in [6, 6.07) is 9.30. The van der Waals surface area contributed by atoms with Crippen LogP contribution in [0.2, 0.25) is 0 Å². The summed E-state index contributed by atoms with van der Waals surface area (Å²) in [4.78, 5) is 22.3. The largest absolute Gasteiger partial charge is 0.493 e. The number of carbonyl (C=O) groups excluding carboxylic acids is 1. The van der Waals surface area contributed by atoms with Crippen LogP contribution in [-0.4, -0.2) is 31.7 Å². The minimum Gasteiger partial charge on any atom is -0.493 e. The molecule has 0 radical (unpaired) electrons. The number of nitro groups is 1. The van der Waals surface area contributed by atoms with Crippen LogP contribution >= 0.6 is 0 Å². The number of rotatable bonds is 7. The maximum atomic E-state index is 12.0. The zero-order valence-electron chi connectivity index (χ0n) is 14.1. The highest BCUT2D eigenvalue weighted by atomic mass is 16.6. The third-order valence-corrected chi connectivity index (χ3v) is 3.40. The molecular weight excluding hydrogens is 328 g/mol. The van der Waals surface area contributed by atoms with Gasteiger partial charge in [-0.25, -0.2) is 0 Å². The van der Waals surface area contributed by atoms with Crippen molar-refractivity contribution in [2.75, 3.05) is 26.1 Å². The van der Waals surface area contributed by atoms with Gasteiger partial charge in [0.05, 0.1) is 19.1 Å². The predicted molar refractivity (Wildman–Crippen MR) is 91.5 cm³/mol. The second-order valence-corrected chi connectivity index (χ2v) is 5.11. The van der Waals surface area contributed by atoms with E-state index in [4.69, 9.17) is 14.2 Å². The molecule has 0 fully saturated rings. The van der Waals surface area contributed by atoms with Gasteiger partial charge < -0.3 is 19.5 Å². The Morgan fingerprint density at radius 1 is 1.12 bits per heavy atom. The van der Waals surface area contributed by atoms with Crippen LogP contribution in [0.15, 0.2) is 36.4 Å². The number of amides is 1. The van der Waals surface area contributed by atoms with E-state index in [2.05, 4.69) is 5.32 Å². The number of ether oxygens (including phenoxy) is 3. The molecule has 0 aromatic heterocycles. The minimum atomic E-state index is -0.469. The number of benzene rings is 2. The fourth-order valence-electron chi connectivity index (χ4n) is 2.18. The van der Waals surface area contributed by atoms with Gasteiger partial charge in [0.2, 0.25) is 0 Å². The number of nitrogens with zero attached hydrogens (tertiary/aromatic N) is 1. The molecule has 0 atom stereocenters. The molecule has 0 saturated carbocycles. The van der Waals surface area contributed by atoms with Crippen molar-refractivity contribution in [2.45, 2.75) is 6.92 Å². The fraction of sp³-hybridized carbons (Fsp3) is 0.235. The lowest BCUT2D eigenvalue weighted by Crippen LogP contribution is -2.20. The van der Waals surface area contributed by atoms with Crippen molar-refractivity contribution in [1.29, 1.82) is 0 Å². The number of aryl methyl sites for hydroxylation is 1. The van der Waals surface area contributed by atoms with Gasteiger partial charge >= 0.3 is 0 Å². The molecule has 8 heteroatoms. The summed E-state index contributed by atoms with van der Waals surface area (Å²) in [6.07, 6.45) is 0. The van der Waals surface area contributed by atoms with Crippen molar-refractivity contribution in [3.8, 4) is 17.2 Å². The van der Waals surface area contributed by atoms with Gasteiger partial charge in [0.15, 0.2) is 18.1 Å². The number of carbonyl (C=O) groups is 1. The van der Waals surface area contributed by atoms with E-state index in [1.165, 1.54) is 32.4 Å². The maximum Gasteiger partial charge on any atom is 0.272 e. The van der Waals surface area contributed by atoms with E-state index in [-0.39, 0.29) is 18.2 Å². The first kappa shape index (κ1) is 18.1. The quantitative estimate of drug-likeness (QED) is 0.611. The van der Waals surface area contributed by atoms with E-state index < -0.39 is 4.92 Å². The summed E-state index contributed by atoms with van der Waals surface area (Å²) in [7, 11) is 3.03. The van der Waals surface area contributed by atoms with Crippen molar-refractivity contribution in [3.05, 3.63) is 52.1 Å². The third-order valence-electron chi connectivity index (χ3n) is 3.40. The molecule has 0 spiro atoms. The lowest BCUT2D eigenvalue weighted by Gasteiger charge is -2.11. The molecule has 0 aliphatic carbocycles. The van der Waals surface area contributed by atoms with Gasteiger partial charge in [-0.05, 0) is 31.2 Å². The standard InChI is InChI=1S/C17H18N2O6/c1-11-8-13(5-6-14(11)19(21)22)25-10-17(20)18-12-4-7-15(23-2)16(9-12)24-3/h4-9H,10H2,1-3H3,(H,18,20). The van der Waals surface area contributed by atoms with Crippen molar-refractivity contribution in [2.24, 2.45) is 0 Å². The fourth-order valence-corrected chi connectivity index (χ4v) is 2.18. The SMILES string of the molecule is COc1ccc(NC(=O)COc2ccc([N+](=O)[O-])c(C)c2)cc1OC. The average Bonchev–Trinajstić information content (AvgIpc) is 2.59. The molecule has 0 aliphatic heterocycles. The zero-order chi connectivity index (χ0) is 18.4. The Hall–Kier alpha value is -3.29. The van der Waals surface area contributed by atoms with E-state index in [1.54, 1.807) is 25.1 Å². The maximum absolute atomic E-state index is 12.0. The number of nitro benzene ring substituents is 1. The highest BCUT2D eigenvalue weighted by molar-refractivity contribution is 5.92. The molecule has 2 rings (SSSR count). The van der Waals surface area contributed by atoms with Crippen LogP contribution < -0.4 is 19.5 Å². The van der Waals surface area contributed by atoms with Gasteiger partial charge in [-0.15, -0.1) is 0 Å². The van der Waals surface area contributed by atoms with Crippen LogP contribution in [0.25, 0.3) is 0 Å². The monoisotopic (exact) mass is 346 g/mol. The lowest BCUT2D eigenvalue weighted by atomic mass is 10.2. The second kappa shape index (κ2) is 8.00. The number of nitrogens with one attached hydrogen (secondary N) is 1. The van der Waals surface area contributed by atoms with Crippen molar-refractivity contribution >= 4 is 17.3 Å². The molecule has 8 nitrogen and oxygen atoms in total. The first-order valence-corrected chi connectivity index (χ1v) is 7.34. The van der Waals surface area contributed by atoms with Crippen molar-refractivity contribution in [3.63, 3.8) is 0 Å². The highest BCUT2D eigenvalue weighted by Crippen LogP contribution is 2.29. The zero-order valence-corrected chi connectivity index (χ0v) is 14.1. The van der Waals surface area contributed by atoms with Gasteiger partial charge in [0.25, 0.3) is 11.6 Å². The topological polar surface area (TPSA) is 99.9 Å². The Bertz CT molecular complexity index is 791. The van der Waals surface area contributed by atoms with E-state index in [9.17, 15) is 14.9 Å². The molecule has 2 aromatic rings. The molecular formula is C17H18N2O6. The summed E-state index contributed by atoms with van der Waals surface area (Å²) in [5.74, 6) is 1.05. The third kappa shape index (κ3) is 4.60. The Morgan fingerprint density at radius 3 is 2.44 bits per heavy atom. The number of hydrogen-bond donors (Lipinski definition) is 1. The van der Waals surface area contributed by atoms with Crippen LogP contribution in [0.4, 0.5) is 11.4 Å². The smallest absolute Gasteiger partial charge is 0.272 e. The van der Waals surface area contributed by atoms with Crippen LogP contribution in [0.5, 0.6) is 17.2 Å². The highest BCUT2D eigenvalue weighted by Gasteiger charge is 2.12. The molecule has 1 N–H and O–H groups in total. The van der Waals surface area contributed by atoms with E-state index in [1.807, 2.05) is 0 Å². The molecule has 25 heavy (non-hydrogen) atoms. The Labute approximate surface area is 144 Å². The Balaban J connectivity index is 1.97. The van der Waals surface area contributed by atoms with Crippen LogP contribution in [0.1, 0.15) is 5.56 Å². The van der Waals surface area contributed by atoms with E-state index >= 15 is 0 Å². The normalized spacial score (nSPS) is 10.0. The van der Waals surface area contributed by atoms with E-state index in [0.717, 1.165) is 0 Å². The van der Waals surface area contributed by atoms with Crippen molar-refractivity contribution in [1.82, 2.24) is 0 Å². The Morgan fingerprint density at radius 2 is 1.84 bits per heavy atom. The summed E-state index contributed by atoms with van der Waals surface area (Å²) in [6.45, 7) is 1.38. The van der Waals surface area contributed by atoms with Gasteiger partial charge in [-0.2, -0.15) is 0 Å². The van der Waals surface area contributed by atoms with Gasteiger partial charge in [-0.3, -0.25) is 14.9 Å². The lowest BCUT2D eigenvalue weighted by molar-refractivity contribution is -0.385. The average molecular weight is 346 g/mol. The summed E-state index contributed by atoms with van der Waals surface area (Å²) >= 11 is 0. The van der Waals surface area contributed by atoms with Crippen molar-refractivity contribution < 1.29 is 23.9 Å². The number of anilines is 1. The molecule has 1 amide bonds. The van der Waals surface area contributed by atoms with E-state index in [0.29, 0.717) is 28.5 Å². The molecule has 2 aromatic carbocycles. The van der Waals surface area contributed by atoms with Crippen LogP contribution in [0, 0.1) is 17.0 Å². The Kier molecular flexibility index (Phi) is 5.78. The number of methoxy groups -OCH3 is 2.